The summed E-state index contributed by atoms with van der Waals surface area (Å²) in [6, 6.07) is 7.76. The molecule has 1 fully saturated rings. The molecule has 0 aliphatic carbocycles. The highest BCUT2D eigenvalue weighted by molar-refractivity contribution is 9.10. The summed E-state index contributed by atoms with van der Waals surface area (Å²) in [4.78, 5) is 23.2. The van der Waals surface area contributed by atoms with Crippen LogP contribution in [0.1, 0.15) is 27.2 Å². The van der Waals surface area contributed by atoms with E-state index in [0.29, 0.717) is 12.8 Å². The Labute approximate surface area is 145 Å². The van der Waals surface area contributed by atoms with Crippen molar-refractivity contribution < 1.29 is 9.59 Å². The molecule has 6 heteroatoms. The van der Waals surface area contributed by atoms with Crippen LogP contribution in [-0.4, -0.2) is 24.2 Å². The highest BCUT2D eigenvalue weighted by atomic mass is 79.9. The van der Waals surface area contributed by atoms with Gasteiger partial charge in [-0.15, -0.1) is 0 Å². The van der Waals surface area contributed by atoms with Crippen molar-refractivity contribution in [3.63, 3.8) is 0 Å². The molecule has 23 heavy (non-hydrogen) atoms. The number of carbonyl (C=O) groups is 2. The summed E-state index contributed by atoms with van der Waals surface area (Å²) in [5.41, 5.74) is 8.57. The number of Topliss-reactive ketones (excluding diaryl/α,β-unsaturated/α-hetero) is 1. The van der Waals surface area contributed by atoms with E-state index >= 15 is 0 Å². The van der Waals surface area contributed by atoms with E-state index in [1.54, 1.807) is 0 Å². The summed E-state index contributed by atoms with van der Waals surface area (Å²) in [7, 11) is 0. The molecule has 0 aromatic heterocycles. The molecule has 1 aromatic carbocycles. The van der Waals surface area contributed by atoms with Crippen LogP contribution in [0.3, 0.4) is 0 Å². The standard InChI is InChI=1S/C17H22BrN3O2/c1-4-17(3)16(15(23)10-22)14(9-19-17)11(2)20-21-13-7-5-12(18)6-8-13/h5-8,10,16,19-21H,4,9H2,1-3H3. The third-order valence-electron chi connectivity index (χ3n) is 4.52. The van der Waals surface area contributed by atoms with E-state index in [-0.39, 0.29) is 11.3 Å². The maximum atomic E-state index is 12.1. The fraction of sp³-hybridized carbons (Fsp3) is 0.412. The average Bonchev–Trinajstić information content (AvgIpc) is 2.91. The van der Waals surface area contributed by atoms with Gasteiger partial charge in [0.25, 0.3) is 0 Å². The summed E-state index contributed by atoms with van der Waals surface area (Å²) in [5, 5.41) is 3.37. The molecule has 124 valence electrons. The second kappa shape index (κ2) is 7.27. The number of halogens is 1. The minimum Gasteiger partial charge on any atom is -0.307 e. The van der Waals surface area contributed by atoms with Gasteiger partial charge in [0.15, 0.2) is 6.29 Å². The summed E-state index contributed by atoms with van der Waals surface area (Å²) in [6.07, 6.45) is 1.20. The van der Waals surface area contributed by atoms with Crippen molar-refractivity contribution in [1.29, 1.82) is 0 Å². The van der Waals surface area contributed by atoms with Gasteiger partial charge in [0.2, 0.25) is 5.78 Å². The van der Waals surface area contributed by atoms with E-state index in [9.17, 15) is 9.59 Å². The Morgan fingerprint density at radius 2 is 2.09 bits per heavy atom. The number of hydrogen-bond donors (Lipinski definition) is 3. The molecule has 1 saturated heterocycles. The van der Waals surface area contributed by atoms with Gasteiger partial charge in [-0.1, -0.05) is 22.9 Å². The van der Waals surface area contributed by atoms with Crippen molar-refractivity contribution in [2.24, 2.45) is 5.92 Å². The lowest BCUT2D eigenvalue weighted by molar-refractivity contribution is -0.132. The van der Waals surface area contributed by atoms with Crippen molar-refractivity contribution in [1.82, 2.24) is 10.7 Å². The first-order valence-corrected chi connectivity index (χ1v) is 8.42. The van der Waals surface area contributed by atoms with Gasteiger partial charge in [-0.2, -0.15) is 0 Å². The van der Waals surface area contributed by atoms with Gasteiger partial charge in [0, 0.05) is 22.3 Å². The zero-order valence-electron chi connectivity index (χ0n) is 13.6. The highest BCUT2D eigenvalue weighted by Gasteiger charge is 2.45. The normalized spacial score (nSPS) is 25.8. The van der Waals surface area contributed by atoms with Gasteiger partial charge in [0.05, 0.1) is 11.6 Å². The van der Waals surface area contributed by atoms with E-state index in [1.165, 1.54) is 0 Å². The number of hydrogen-bond acceptors (Lipinski definition) is 5. The number of hydrazine groups is 1. The van der Waals surface area contributed by atoms with E-state index in [0.717, 1.165) is 27.9 Å². The molecular formula is C17H22BrN3O2. The summed E-state index contributed by atoms with van der Waals surface area (Å²) in [5.74, 6) is -0.802. The van der Waals surface area contributed by atoms with E-state index < -0.39 is 5.92 Å². The number of rotatable bonds is 6. The Morgan fingerprint density at radius 1 is 1.43 bits per heavy atom. The Balaban J connectivity index is 2.19. The Morgan fingerprint density at radius 3 is 2.65 bits per heavy atom. The fourth-order valence-electron chi connectivity index (χ4n) is 2.90. The van der Waals surface area contributed by atoms with Gasteiger partial charge >= 0.3 is 0 Å². The number of carbonyl (C=O) groups excluding carboxylic acids is 2. The van der Waals surface area contributed by atoms with Crippen LogP contribution in [0.15, 0.2) is 40.0 Å². The van der Waals surface area contributed by atoms with Crippen molar-refractivity contribution in [2.45, 2.75) is 32.7 Å². The van der Waals surface area contributed by atoms with Crippen molar-refractivity contribution in [3.05, 3.63) is 40.0 Å². The molecule has 1 heterocycles. The second-order valence-corrected chi connectivity index (χ2v) is 6.90. The van der Waals surface area contributed by atoms with E-state index in [1.807, 2.05) is 45.0 Å². The van der Waals surface area contributed by atoms with Gasteiger partial charge in [-0.3, -0.25) is 9.59 Å². The third-order valence-corrected chi connectivity index (χ3v) is 5.05. The summed E-state index contributed by atoms with van der Waals surface area (Å²) < 4.78 is 1.01. The number of nitrogens with one attached hydrogen (secondary N) is 3. The van der Waals surface area contributed by atoms with Crippen LogP contribution in [0.25, 0.3) is 0 Å². The second-order valence-electron chi connectivity index (χ2n) is 5.98. The molecule has 0 amide bonds. The highest BCUT2D eigenvalue weighted by Crippen LogP contribution is 2.35. The van der Waals surface area contributed by atoms with Crippen molar-refractivity contribution >= 4 is 33.7 Å². The van der Waals surface area contributed by atoms with E-state index in [2.05, 4.69) is 32.1 Å². The van der Waals surface area contributed by atoms with Crippen LogP contribution in [0.5, 0.6) is 0 Å². The summed E-state index contributed by atoms with van der Waals surface area (Å²) in [6.45, 7) is 6.51. The smallest absolute Gasteiger partial charge is 0.204 e. The Kier molecular flexibility index (Phi) is 5.59. The minimum absolute atomic E-state index is 0.376. The SMILES string of the molecule is CCC1(C)NCC(=C(C)NNc2ccc(Br)cc2)C1C(=O)C=O. The lowest BCUT2D eigenvalue weighted by Crippen LogP contribution is -2.44. The molecule has 2 unspecified atom stereocenters. The Bertz CT molecular complexity index is 627. The lowest BCUT2D eigenvalue weighted by Gasteiger charge is -2.29. The van der Waals surface area contributed by atoms with Crippen LogP contribution in [0.4, 0.5) is 5.69 Å². The Hall–Kier alpha value is -1.66. The molecule has 1 aliphatic rings. The first-order valence-electron chi connectivity index (χ1n) is 7.62. The lowest BCUT2D eigenvalue weighted by atomic mass is 9.79. The van der Waals surface area contributed by atoms with Crippen LogP contribution >= 0.6 is 15.9 Å². The molecule has 3 N–H and O–H groups in total. The fourth-order valence-corrected chi connectivity index (χ4v) is 3.16. The summed E-state index contributed by atoms with van der Waals surface area (Å²) >= 11 is 3.40. The predicted molar refractivity (Wildman–Crippen MR) is 94.9 cm³/mol. The largest absolute Gasteiger partial charge is 0.307 e. The third kappa shape index (κ3) is 3.82. The van der Waals surface area contributed by atoms with Gasteiger partial charge in [-0.25, -0.2) is 0 Å². The van der Waals surface area contributed by atoms with Crippen LogP contribution < -0.4 is 16.2 Å². The van der Waals surface area contributed by atoms with Crippen molar-refractivity contribution in [3.8, 4) is 0 Å². The molecular weight excluding hydrogens is 358 g/mol. The molecule has 2 atom stereocenters. The van der Waals surface area contributed by atoms with Crippen LogP contribution in [0.2, 0.25) is 0 Å². The number of allylic oxidation sites excluding steroid dienone is 1. The average molecular weight is 380 g/mol. The first-order chi connectivity index (χ1) is 10.9. The number of aldehydes is 1. The van der Waals surface area contributed by atoms with Gasteiger partial charge < -0.3 is 16.2 Å². The number of benzene rings is 1. The molecule has 0 saturated carbocycles. The molecule has 2 rings (SSSR count). The van der Waals surface area contributed by atoms with Crippen molar-refractivity contribution in [2.75, 3.05) is 12.0 Å². The van der Waals surface area contributed by atoms with Gasteiger partial charge in [0.1, 0.15) is 0 Å². The monoisotopic (exact) mass is 379 g/mol. The quantitative estimate of drug-likeness (QED) is 0.402. The molecule has 0 bridgehead atoms. The molecule has 1 aromatic rings. The predicted octanol–water partition coefficient (Wildman–Crippen LogP) is 2.80. The molecule has 1 aliphatic heterocycles. The maximum Gasteiger partial charge on any atom is 0.204 e. The molecule has 0 spiro atoms. The number of anilines is 1. The molecule has 0 radical (unpaired) electrons. The van der Waals surface area contributed by atoms with E-state index in [4.69, 9.17) is 0 Å². The zero-order valence-corrected chi connectivity index (χ0v) is 15.2. The number of ketones is 1. The first kappa shape index (κ1) is 17.7. The molecule has 5 nitrogen and oxygen atoms in total. The maximum absolute atomic E-state index is 12.1. The zero-order chi connectivity index (χ0) is 17.0. The van der Waals surface area contributed by atoms with Crippen LogP contribution in [-0.2, 0) is 9.59 Å². The minimum atomic E-state index is -0.427. The topological polar surface area (TPSA) is 70.2 Å². The van der Waals surface area contributed by atoms with Crippen LogP contribution in [0, 0.1) is 5.92 Å². The van der Waals surface area contributed by atoms with Gasteiger partial charge in [-0.05, 0) is 50.1 Å².